The van der Waals surface area contributed by atoms with Crippen LogP contribution in [0.4, 0.5) is 5.69 Å². The van der Waals surface area contributed by atoms with E-state index in [1.54, 1.807) is 0 Å². The number of nitrogens with one attached hydrogen (secondary N) is 2. The van der Waals surface area contributed by atoms with E-state index in [0.29, 0.717) is 0 Å². The summed E-state index contributed by atoms with van der Waals surface area (Å²) in [5.41, 5.74) is 6.00. The Bertz CT molecular complexity index is 906. The van der Waals surface area contributed by atoms with Gasteiger partial charge in [-0.25, -0.2) is 0 Å². The van der Waals surface area contributed by atoms with Crippen molar-refractivity contribution in [2.45, 2.75) is 52.0 Å². The smallest absolute Gasteiger partial charge is 0.263 e. The highest BCUT2D eigenvalue weighted by Gasteiger charge is 2.18. The first kappa shape index (κ1) is 19.7. The van der Waals surface area contributed by atoms with Gasteiger partial charge < -0.3 is 10.6 Å². The number of carbonyl (C=O) groups is 1. The lowest BCUT2D eigenvalue weighted by Gasteiger charge is -2.21. The quantitative estimate of drug-likeness (QED) is 0.555. The van der Waals surface area contributed by atoms with Crippen LogP contribution >= 0.6 is 0 Å². The third kappa shape index (κ3) is 4.80. The summed E-state index contributed by atoms with van der Waals surface area (Å²) in [4.78, 5) is 12.6. The second kappa shape index (κ2) is 9.23. The molecule has 0 aliphatic heterocycles. The van der Waals surface area contributed by atoms with Crippen LogP contribution < -0.4 is 10.6 Å². The lowest BCUT2D eigenvalue weighted by atomic mass is 9.88. The van der Waals surface area contributed by atoms with E-state index in [1.807, 2.05) is 44.2 Å². The van der Waals surface area contributed by atoms with Gasteiger partial charge in [0.1, 0.15) is 11.6 Å². The Morgan fingerprint density at radius 2 is 1.86 bits per heavy atom. The number of hydrogen-bond donors (Lipinski definition) is 2. The number of nitriles is 1. The molecule has 0 bridgehead atoms. The van der Waals surface area contributed by atoms with Gasteiger partial charge in [-0.1, -0.05) is 42.8 Å². The van der Waals surface area contributed by atoms with E-state index >= 15 is 0 Å². The molecular formula is C24H27N3O. The summed E-state index contributed by atoms with van der Waals surface area (Å²) in [6.45, 7) is 4.06. The van der Waals surface area contributed by atoms with Crippen molar-refractivity contribution in [2.24, 2.45) is 0 Å². The lowest BCUT2D eigenvalue weighted by Crippen LogP contribution is -2.29. The molecule has 1 unspecified atom stereocenters. The van der Waals surface area contributed by atoms with E-state index in [9.17, 15) is 10.1 Å². The number of fused-ring (bicyclic) bond motifs is 1. The number of aryl methyl sites for hydroxylation is 3. The molecule has 1 aliphatic rings. The molecule has 1 aliphatic carbocycles. The van der Waals surface area contributed by atoms with Gasteiger partial charge >= 0.3 is 0 Å². The third-order valence-electron chi connectivity index (χ3n) is 5.29. The molecule has 144 valence electrons. The molecule has 0 heterocycles. The molecule has 1 amide bonds. The molecule has 1 atom stereocenters. The maximum atomic E-state index is 12.6. The molecule has 4 heteroatoms. The molecule has 4 nitrogen and oxygen atoms in total. The van der Waals surface area contributed by atoms with E-state index in [2.05, 4.69) is 28.8 Å². The van der Waals surface area contributed by atoms with Crippen molar-refractivity contribution in [3.05, 3.63) is 76.5 Å². The first-order valence-electron chi connectivity index (χ1n) is 9.96. The van der Waals surface area contributed by atoms with Crippen LogP contribution in [0.25, 0.3) is 0 Å². The molecule has 2 aromatic carbocycles. The summed E-state index contributed by atoms with van der Waals surface area (Å²) in [6.07, 6.45) is 6.98. The Balaban J connectivity index is 1.70. The standard InChI is InChI=1S/C24H27N3O/c1-3-23(20-11-10-18-6-4-5-7-19(18)14-20)27-24(28)21(15-25)16-26-22-12-8-17(2)9-13-22/h8-14,16,23,26H,3-7H2,1-2H3,(H,27,28)/b21-16-. The highest BCUT2D eigenvalue weighted by Crippen LogP contribution is 2.26. The zero-order chi connectivity index (χ0) is 19.9. The normalized spacial score (nSPS) is 14.5. The van der Waals surface area contributed by atoms with E-state index in [4.69, 9.17) is 0 Å². The summed E-state index contributed by atoms with van der Waals surface area (Å²) >= 11 is 0. The van der Waals surface area contributed by atoms with Gasteiger partial charge in [0.25, 0.3) is 5.91 Å². The second-order valence-corrected chi connectivity index (χ2v) is 7.35. The van der Waals surface area contributed by atoms with Gasteiger partial charge in [0.15, 0.2) is 0 Å². The van der Waals surface area contributed by atoms with Crippen LogP contribution in [0.5, 0.6) is 0 Å². The minimum atomic E-state index is -0.355. The molecule has 0 fully saturated rings. The Hall–Kier alpha value is -3.06. The average Bonchev–Trinajstić information content (AvgIpc) is 2.73. The number of rotatable bonds is 6. The molecule has 0 radical (unpaired) electrons. The fourth-order valence-corrected chi connectivity index (χ4v) is 3.58. The summed E-state index contributed by atoms with van der Waals surface area (Å²) in [6, 6.07) is 16.2. The van der Waals surface area contributed by atoms with Crippen LogP contribution in [0.15, 0.2) is 54.2 Å². The van der Waals surface area contributed by atoms with Crippen molar-refractivity contribution in [2.75, 3.05) is 5.32 Å². The first-order valence-corrected chi connectivity index (χ1v) is 9.96. The van der Waals surface area contributed by atoms with Crippen LogP contribution in [0.1, 0.15) is 54.5 Å². The van der Waals surface area contributed by atoms with E-state index in [1.165, 1.54) is 30.2 Å². The minimum absolute atomic E-state index is 0.0667. The number of anilines is 1. The van der Waals surface area contributed by atoms with E-state index < -0.39 is 0 Å². The maximum Gasteiger partial charge on any atom is 0.263 e. The summed E-state index contributed by atoms with van der Waals surface area (Å²) < 4.78 is 0. The fraction of sp³-hybridized carbons (Fsp3) is 0.333. The van der Waals surface area contributed by atoms with Gasteiger partial charge in [0, 0.05) is 11.9 Å². The SMILES string of the molecule is CCC(NC(=O)/C(C#N)=C\Nc1ccc(C)cc1)c1ccc2c(c1)CCCC2. The van der Waals surface area contributed by atoms with Crippen LogP contribution in [0.3, 0.4) is 0 Å². The van der Waals surface area contributed by atoms with Gasteiger partial charge in [0.05, 0.1) is 6.04 Å². The van der Waals surface area contributed by atoms with Crippen molar-refractivity contribution >= 4 is 11.6 Å². The van der Waals surface area contributed by atoms with Crippen LogP contribution in [-0.4, -0.2) is 5.91 Å². The van der Waals surface area contributed by atoms with Gasteiger partial charge in [-0.2, -0.15) is 5.26 Å². The predicted octanol–water partition coefficient (Wildman–Crippen LogP) is 4.96. The monoisotopic (exact) mass is 373 g/mol. The van der Waals surface area contributed by atoms with Crippen molar-refractivity contribution < 1.29 is 4.79 Å². The first-order chi connectivity index (χ1) is 13.6. The fourth-order valence-electron chi connectivity index (χ4n) is 3.58. The number of hydrogen-bond acceptors (Lipinski definition) is 3. The average molecular weight is 374 g/mol. The summed E-state index contributed by atoms with van der Waals surface area (Å²) in [7, 11) is 0. The van der Waals surface area contributed by atoms with Crippen LogP contribution in [0.2, 0.25) is 0 Å². The topological polar surface area (TPSA) is 64.9 Å². The molecule has 0 aromatic heterocycles. The highest BCUT2D eigenvalue weighted by molar-refractivity contribution is 5.97. The molecule has 0 spiro atoms. The zero-order valence-electron chi connectivity index (χ0n) is 16.6. The van der Waals surface area contributed by atoms with Crippen LogP contribution in [-0.2, 0) is 17.6 Å². The Morgan fingerprint density at radius 1 is 1.14 bits per heavy atom. The largest absolute Gasteiger partial charge is 0.360 e. The minimum Gasteiger partial charge on any atom is -0.360 e. The second-order valence-electron chi connectivity index (χ2n) is 7.35. The number of amides is 1. The van der Waals surface area contributed by atoms with Crippen molar-refractivity contribution in [1.29, 1.82) is 5.26 Å². The van der Waals surface area contributed by atoms with Gasteiger partial charge in [-0.15, -0.1) is 0 Å². The number of nitrogens with zero attached hydrogens (tertiary/aromatic N) is 1. The van der Waals surface area contributed by atoms with Gasteiger partial charge in [-0.3, -0.25) is 4.79 Å². The predicted molar refractivity (Wildman–Crippen MR) is 113 cm³/mol. The Kier molecular flexibility index (Phi) is 6.49. The van der Waals surface area contributed by atoms with Crippen molar-refractivity contribution in [3.8, 4) is 6.07 Å². The number of carbonyl (C=O) groups excluding carboxylic acids is 1. The van der Waals surface area contributed by atoms with Gasteiger partial charge in [0.2, 0.25) is 0 Å². The zero-order valence-corrected chi connectivity index (χ0v) is 16.6. The highest BCUT2D eigenvalue weighted by atomic mass is 16.1. The molecule has 2 aromatic rings. The molecule has 3 rings (SSSR count). The summed E-state index contributed by atoms with van der Waals surface area (Å²) in [5, 5.41) is 15.5. The Morgan fingerprint density at radius 3 is 2.54 bits per heavy atom. The maximum absolute atomic E-state index is 12.6. The molecule has 0 saturated carbocycles. The molecule has 0 saturated heterocycles. The molecule has 28 heavy (non-hydrogen) atoms. The summed E-state index contributed by atoms with van der Waals surface area (Å²) in [5.74, 6) is -0.355. The lowest BCUT2D eigenvalue weighted by molar-refractivity contribution is -0.117. The van der Waals surface area contributed by atoms with E-state index in [0.717, 1.165) is 36.1 Å². The van der Waals surface area contributed by atoms with E-state index in [-0.39, 0.29) is 17.5 Å². The van der Waals surface area contributed by atoms with Crippen LogP contribution in [0, 0.1) is 18.3 Å². The molecular weight excluding hydrogens is 346 g/mol. The van der Waals surface area contributed by atoms with Gasteiger partial charge in [-0.05, 0) is 67.9 Å². The third-order valence-corrected chi connectivity index (χ3v) is 5.29. The molecule has 2 N–H and O–H groups in total. The van der Waals surface area contributed by atoms with Crippen molar-refractivity contribution in [3.63, 3.8) is 0 Å². The number of benzene rings is 2. The van der Waals surface area contributed by atoms with Crippen molar-refractivity contribution in [1.82, 2.24) is 5.32 Å². The Labute approximate surface area is 167 Å².